The summed E-state index contributed by atoms with van der Waals surface area (Å²) < 4.78 is 60.6. The van der Waals surface area contributed by atoms with E-state index in [1.807, 2.05) is 0 Å². The fraction of sp³-hybridized carbons (Fsp3) is 0.176. The van der Waals surface area contributed by atoms with Crippen LogP contribution in [0, 0.1) is 0 Å². The zero-order chi connectivity index (χ0) is 18.5. The average molecular weight is 382 g/mol. The molecule has 0 heterocycles. The summed E-state index contributed by atoms with van der Waals surface area (Å²) in [6, 6.07) is 12.8. The van der Waals surface area contributed by atoms with Crippen LogP contribution < -0.4 is 4.74 Å². The summed E-state index contributed by atoms with van der Waals surface area (Å²) in [6.45, 7) is 1.76. The number of hydrogen-bond acceptors (Lipinski definition) is 6. The van der Waals surface area contributed by atoms with Crippen molar-refractivity contribution in [2.24, 2.45) is 0 Å². The van der Waals surface area contributed by atoms with Crippen molar-refractivity contribution in [2.75, 3.05) is 13.7 Å². The van der Waals surface area contributed by atoms with Gasteiger partial charge in [-0.25, -0.2) is 16.8 Å². The second-order valence-electron chi connectivity index (χ2n) is 4.89. The van der Waals surface area contributed by atoms with Gasteiger partial charge < -0.3 is 9.47 Å². The molecular weight excluding hydrogens is 364 g/mol. The molecule has 0 fully saturated rings. The summed E-state index contributed by atoms with van der Waals surface area (Å²) >= 11 is 0. The highest BCUT2D eigenvalue weighted by Gasteiger charge is 2.34. The Morgan fingerprint density at radius 1 is 0.880 bits per heavy atom. The molecule has 2 aromatic rings. The molecule has 25 heavy (non-hydrogen) atoms. The van der Waals surface area contributed by atoms with Gasteiger partial charge in [-0.1, -0.05) is 18.2 Å². The lowest BCUT2D eigenvalue weighted by atomic mass is 10.3. The molecule has 0 unspecified atom stereocenters. The first-order valence-electron chi connectivity index (χ1n) is 7.35. The molecule has 0 aliphatic rings. The summed E-state index contributed by atoms with van der Waals surface area (Å²) in [4.78, 5) is -0.295. The van der Waals surface area contributed by atoms with Crippen LogP contribution in [0.15, 0.2) is 74.9 Å². The maximum absolute atomic E-state index is 12.9. The van der Waals surface area contributed by atoms with Crippen LogP contribution in [0.3, 0.4) is 0 Å². The van der Waals surface area contributed by atoms with Gasteiger partial charge in [-0.05, 0) is 43.3 Å². The first kappa shape index (κ1) is 19.0. The third-order valence-electron chi connectivity index (χ3n) is 3.30. The lowest BCUT2D eigenvalue weighted by Gasteiger charge is -2.11. The molecule has 2 rings (SSSR count). The highest BCUT2D eigenvalue weighted by Crippen LogP contribution is 2.30. The molecule has 0 atom stereocenters. The van der Waals surface area contributed by atoms with E-state index >= 15 is 0 Å². The van der Waals surface area contributed by atoms with E-state index in [0.717, 1.165) is 6.26 Å². The molecule has 0 radical (unpaired) electrons. The molecule has 0 saturated carbocycles. The summed E-state index contributed by atoms with van der Waals surface area (Å²) in [7, 11) is -7.14. The third kappa shape index (κ3) is 4.02. The molecule has 134 valence electrons. The maximum Gasteiger partial charge on any atom is 0.221 e. The van der Waals surface area contributed by atoms with Crippen molar-refractivity contribution in [3.63, 3.8) is 0 Å². The smallest absolute Gasteiger partial charge is 0.221 e. The van der Waals surface area contributed by atoms with E-state index < -0.39 is 23.9 Å². The summed E-state index contributed by atoms with van der Waals surface area (Å²) in [6.07, 6.45) is 0.780. The highest BCUT2D eigenvalue weighted by molar-refractivity contribution is 8.14. The van der Waals surface area contributed by atoms with Gasteiger partial charge in [-0.15, -0.1) is 0 Å². The highest BCUT2D eigenvalue weighted by atomic mass is 32.3. The van der Waals surface area contributed by atoms with Gasteiger partial charge in [0.1, 0.15) is 12.0 Å². The lowest BCUT2D eigenvalue weighted by Crippen LogP contribution is -2.15. The molecule has 6 nitrogen and oxygen atoms in total. The number of benzene rings is 2. The molecule has 2 aromatic carbocycles. The molecule has 0 saturated heterocycles. The van der Waals surface area contributed by atoms with Crippen molar-refractivity contribution in [2.45, 2.75) is 16.7 Å². The van der Waals surface area contributed by atoms with Crippen molar-refractivity contribution in [3.05, 3.63) is 65.1 Å². The number of ether oxygens (including phenoxy) is 2. The van der Waals surface area contributed by atoms with Gasteiger partial charge in [-0.2, -0.15) is 0 Å². The SMILES string of the molecule is CCO/C=C(\S(=O)(=O)c1ccccc1)S(=O)(=O)c1ccc(OC)cc1. The largest absolute Gasteiger partial charge is 0.499 e. The van der Waals surface area contributed by atoms with Crippen LogP contribution in [0.25, 0.3) is 0 Å². The molecule has 0 aliphatic heterocycles. The van der Waals surface area contributed by atoms with Crippen LogP contribution in [-0.4, -0.2) is 30.6 Å². The monoisotopic (exact) mass is 382 g/mol. The lowest BCUT2D eigenvalue weighted by molar-refractivity contribution is 0.269. The van der Waals surface area contributed by atoms with E-state index in [4.69, 9.17) is 9.47 Å². The molecule has 0 bridgehead atoms. The Kier molecular flexibility index (Phi) is 5.86. The molecule has 0 N–H and O–H groups in total. The van der Waals surface area contributed by atoms with E-state index in [0.29, 0.717) is 5.75 Å². The zero-order valence-electron chi connectivity index (χ0n) is 13.7. The molecular formula is C17H18O6S2. The number of methoxy groups -OCH3 is 1. The summed E-state index contributed by atoms with van der Waals surface area (Å²) in [5, 5.41) is 0. The van der Waals surface area contributed by atoms with Crippen LogP contribution in [-0.2, 0) is 24.4 Å². The maximum atomic E-state index is 12.9. The topological polar surface area (TPSA) is 86.7 Å². The van der Waals surface area contributed by atoms with E-state index in [2.05, 4.69) is 0 Å². The van der Waals surface area contributed by atoms with Crippen LogP contribution in [0.4, 0.5) is 0 Å². The predicted octanol–water partition coefficient (Wildman–Crippen LogP) is 2.78. The van der Waals surface area contributed by atoms with Crippen molar-refractivity contribution in [1.29, 1.82) is 0 Å². The van der Waals surface area contributed by atoms with Crippen LogP contribution in [0.1, 0.15) is 6.92 Å². The molecule has 0 amide bonds. The molecule has 0 aliphatic carbocycles. The van der Waals surface area contributed by atoms with Gasteiger partial charge in [0.25, 0.3) is 0 Å². The minimum atomic E-state index is -4.31. The standard InChI is InChI=1S/C17H18O6S2/c1-3-23-13-17(24(18,19)15-7-5-4-6-8-15)25(20,21)16-11-9-14(22-2)10-12-16/h4-13H,3H2,1-2H3/b17-13+. The van der Waals surface area contributed by atoms with Gasteiger partial charge in [0.2, 0.25) is 23.9 Å². The molecule has 0 spiro atoms. The fourth-order valence-corrected chi connectivity index (χ4v) is 5.61. The quantitative estimate of drug-likeness (QED) is 0.685. The van der Waals surface area contributed by atoms with Crippen molar-refractivity contribution >= 4 is 19.7 Å². The van der Waals surface area contributed by atoms with Crippen molar-refractivity contribution in [3.8, 4) is 5.75 Å². The normalized spacial score (nSPS) is 12.6. The summed E-state index contributed by atoms with van der Waals surface area (Å²) in [5.41, 5.74) is 0. The van der Waals surface area contributed by atoms with Crippen LogP contribution in [0.2, 0.25) is 0 Å². The Labute approximate surface area is 147 Å². The van der Waals surface area contributed by atoms with Gasteiger partial charge in [-0.3, -0.25) is 0 Å². The predicted molar refractivity (Wildman–Crippen MR) is 93.5 cm³/mol. The van der Waals surface area contributed by atoms with Gasteiger partial charge in [0.05, 0.1) is 23.5 Å². The van der Waals surface area contributed by atoms with Gasteiger partial charge in [0, 0.05) is 0 Å². The Morgan fingerprint density at radius 2 is 1.40 bits per heavy atom. The molecule has 8 heteroatoms. The first-order valence-corrected chi connectivity index (χ1v) is 10.3. The Bertz CT molecular complexity index is 944. The fourth-order valence-electron chi connectivity index (χ4n) is 2.01. The summed E-state index contributed by atoms with van der Waals surface area (Å²) in [5.74, 6) is 0.459. The number of rotatable bonds is 7. The van der Waals surface area contributed by atoms with E-state index in [1.165, 1.54) is 55.6 Å². The minimum Gasteiger partial charge on any atom is -0.499 e. The zero-order valence-corrected chi connectivity index (χ0v) is 15.4. The Hall–Kier alpha value is -2.32. The van der Waals surface area contributed by atoms with Gasteiger partial charge in [0.15, 0.2) is 0 Å². The van der Waals surface area contributed by atoms with E-state index in [-0.39, 0.29) is 16.4 Å². The minimum absolute atomic E-state index is 0.127. The second-order valence-corrected chi connectivity index (χ2v) is 8.98. The van der Waals surface area contributed by atoms with Crippen molar-refractivity contribution < 1.29 is 26.3 Å². The number of sulfone groups is 2. The third-order valence-corrected chi connectivity index (χ3v) is 7.65. The van der Waals surface area contributed by atoms with Gasteiger partial charge >= 0.3 is 0 Å². The van der Waals surface area contributed by atoms with Crippen LogP contribution >= 0.6 is 0 Å². The number of hydrogen-bond donors (Lipinski definition) is 0. The van der Waals surface area contributed by atoms with E-state index in [1.54, 1.807) is 13.0 Å². The average Bonchev–Trinajstić information content (AvgIpc) is 2.62. The second kappa shape index (κ2) is 7.71. The van der Waals surface area contributed by atoms with Crippen molar-refractivity contribution in [1.82, 2.24) is 0 Å². The van der Waals surface area contributed by atoms with Crippen LogP contribution in [0.5, 0.6) is 5.75 Å². The molecule has 0 aromatic heterocycles. The first-order chi connectivity index (χ1) is 11.8. The Balaban J connectivity index is 2.61. The van der Waals surface area contributed by atoms with E-state index in [9.17, 15) is 16.8 Å². The Morgan fingerprint density at radius 3 is 1.88 bits per heavy atom.